The Morgan fingerprint density at radius 1 is 1.08 bits per heavy atom. The zero-order valence-corrected chi connectivity index (χ0v) is 16.7. The summed E-state index contributed by atoms with van der Waals surface area (Å²) in [5, 5.41) is 17.2. The Kier molecular flexibility index (Phi) is 9.75. The van der Waals surface area contributed by atoms with E-state index in [2.05, 4.69) is 15.6 Å². The number of guanidine groups is 1. The van der Waals surface area contributed by atoms with E-state index in [-0.39, 0.29) is 24.0 Å². The fourth-order valence-corrected chi connectivity index (χ4v) is 2.41. The van der Waals surface area contributed by atoms with Crippen LogP contribution in [-0.4, -0.2) is 24.2 Å². The summed E-state index contributed by atoms with van der Waals surface area (Å²) < 4.78 is 0. The number of aliphatic imine (C=N–C) groups is 1. The molecule has 6 heteroatoms. The maximum Gasteiger partial charge on any atom is 0.191 e. The fourth-order valence-electron chi connectivity index (χ4n) is 2.14. The summed E-state index contributed by atoms with van der Waals surface area (Å²) in [5.74, 6) is 0.669. The van der Waals surface area contributed by atoms with Crippen LogP contribution < -0.4 is 10.6 Å². The van der Waals surface area contributed by atoms with E-state index < -0.39 is 6.10 Å². The lowest BCUT2D eigenvalue weighted by atomic mass is 10.1. The normalized spacial score (nSPS) is 12.2. The van der Waals surface area contributed by atoms with Gasteiger partial charge < -0.3 is 15.7 Å². The summed E-state index contributed by atoms with van der Waals surface area (Å²) in [7, 11) is 0. The van der Waals surface area contributed by atoms with Crippen molar-refractivity contribution >= 4 is 41.5 Å². The Morgan fingerprint density at radius 3 is 2.42 bits per heavy atom. The van der Waals surface area contributed by atoms with Crippen LogP contribution in [0.4, 0.5) is 0 Å². The molecule has 0 saturated carbocycles. The van der Waals surface area contributed by atoms with Gasteiger partial charge in [0.15, 0.2) is 5.96 Å². The Balaban J connectivity index is 0.00000288. The molecule has 0 saturated heterocycles. The molecule has 4 nitrogen and oxygen atoms in total. The standard InChI is InChI=1S/C18H22ClN3O.HI/c1-2-20-18(21-12-14-8-4-3-5-9-14)22-13-17(23)15-10-6-7-11-16(15)19;/h3-11,17,23H,2,12-13H2,1H3,(H2,20,21,22);1H. The molecule has 0 fully saturated rings. The third kappa shape index (κ3) is 6.67. The van der Waals surface area contributed by atoms with Crippen LogP contribution in [0, 0.1) is 0 Å². The van der Waals surface area contributed by atoms with Gasteiger partial charge in [-0.2, -0.15) is 0 Å². The monoisotopic (exact) mass is 459 g/mol. The zero-order valence-electron chi connectivity index (χ0n) is 13.6. The van der Waals surface area contributed by atoms with E-state index in [4.69, 9.17) is 11.6 Å². The van der Waals surface area contributed by atoms with Gasteiger partial charge in [0, 0.05) is 23.7 Å². The van der Waals surface area contributed by atoms with Gasteiger partial charge in [0.1, 0.15) is 0 Å². The third-order valence-electron chi connectivity index (χ3n) is 3.33. The molecule has 0 heterocycles. The van der Waals surface area contributed by atoms with E-state index in [1.807, 2.05) is 55.5 Å². The summed E-state index contributed by atoms with van der Waals surface area (Å²) in [5.41, 5.74) is 1.84. The number of hydrogen-bond acceptors (Lipinski definition) is 2. The average molecular weight is 460 g/mol. The Bertz CT molecular complexity index is 637. The van der Waals surface area contributed by atoms with Crippen LogP contribution in [-0.2, 0) is 6.54 Å². The number of benzene rings is 2. The van der Waals surface area contributed by atoms with Gasteiger partial charge in [0.2, 0.25) is 0 Å². The molecular formula is C18H23ClIN3O. The first-order valence-corrected chi connectivity index (χ1v) is 8.07. The summed E-state index contributed by atoms with van der Waals surface area (Å²) >= 11 is 6.10. The summed E-state index contributed by atoms with van der Waals surface area (Å²) in [6.45, 7) is 3.68. The van der Waals surface area contributed by atoms with Gasteiger partial charge in [0.25, 0.3) is 0 Å². The molecule has 24 heavy (non-hydrogen) atoms. The topological polar surface area (TPSA) is 56.7 Å². The smallest absolute Gasteiger partial charge is 0.191 e. The molecule has 0 radical (unpaired) electrons. The lowest BCUT2D eigenvalue weighted by Crippen LogP contribution is -2.39. The molecule has 0 aliphatic rings. The second-order valence-electron chi connectivity index (χ2n) is 5.10. The molecule has 0 aromatic heterocycles. The highest BCUT2D eigenvalue weighted by Crippen LogP contribution is 2.21. The Labute approximate surface area is 165 Å². The number of aliphatic hydroxyl groups excluding tert-OH is 1. The van der Waals surface area contributed by atoms with Gasteiger partial charge in [0.05, 0.1) is 12.6 Å². The summed E-state index contributed by atoms with van der Waals surface area (Å²) in [4.78, 5) is 4.52. The third-order valence-corrected chi connectivity index (χ3v) is 3.68. The van der Waals surface area contributed by atoms with Crippen molar-refractivity contribution in [2.75, 3.05) is 13.1 Å². The number of rotatable bonds is 6. The Morgan fingerprint density at radius 2 is 1.75 bits per heavy atom. The predicted octanol–water partition coefficient (Wildman–Crippen LogP) is 3.75. The maximum atomic E-state index is 10.3. The minimum atomic E-state index is -0.690. The largest absolute Gasteiger partial charge is 0.387 e. The average Bonchev–Trinajstić information content (AvgIpc) is 2.58. The SMILES string of the molecule is CCNC(=NCc1ccccc1)NCC(O)c1ccccc1Cl.I. The van der Waals surface area contributed by atoms with Crippen molar-refractivity contribution in [3.8, 4) is 0 Å². The van der Waals surface area contributed by atoms with Crippen molar-refractivity contribution < 1.29 is 5.11 Å². The van der Waals surface area contributed by atoms with Crippen LogP contribution >= 0.6 is 35.6 Å². The van der Waals surface area contributed by atoms with Crippen LogP contribution in [0.25, 0.3) is 0 Å². The van der Waals surface area contributed by atoms with E-state index in [0.29, 0.717) is 29.6 Å². The highest BCUT2D eigenvalue weighted by molar-refractivity contribution is 14.0. The Hall–Kier alpha value is -1.31. The molecule has 0 amide bonds. The first-order chi connectivity index (χ1) is 11.2. The molecule has 0 aliphatic heterocycles. The second-order valence-corrected chi connectivity index (χ2v) is 5.51. The van der Waals surface area contributed by atoms with E-state index >= 15 is 0 Å². The molecule has 2 rings (SSSR count). The number of nitrogens with one attached hydrogen (secondary N) is 2. The van der Waals surface area contributed by atoms with Crippen molar-refractivity contribution in [1.82, 2.24) is 10.6 Å². The van der Waals surface area contributed by atoms with Gasteiger partial charge in [-0.15, -0.1) is 24.0 Å². The summed E-state index contributed by atoms with van der Waals surface area (Å²) in [6, 6.07) is 17.3. The van der Waals surface area contributed by atoms with Gasteiger partial charge in [-0.05, 0) is 18.6 Å². The first kappa shape index (κ1) is 20.7. The van der Waals surface area contributed by atoms with Crippen molar-refractivity contribution in [3.05, 3.63) is 70.7 Å². The number of hydrogen-bond donors (Lipinski definition) is 3. The van der Waals surface area contributed by atoms with Crippen molar-refractivity contribution in [2.24, 2.45) is 4.99 Å². The minimum Gasteiger partial charge on any atom is -0.387 e. The molecular weight excluding hydrogens is 437 g/mol. The minimum absolute atomic E-state index is 0. The lowest BCUT2D eigenvalue weighted by molar-refractivity contribution is 0.181. The second kappa shape index (κ2) is 11.3. The molecule has 2 aromatic rings. The van der Waals surface area contributed by atoms with Crippen molar-refractivity contribution in [2.45, 2.75) is 19.6 Å². The lowest BCUT2D eigenvalue weighted by Gasteiger charge is -2.16. The van der Waals surface area contributed by atoms with E-state index in [0.717, 1.165) is 12.1 Å². The summed E-state index contributed by atoms with van der Waals surface area (Å²) in [6.07, 6.45) is -0.690. The molecule has 0 aliphatic carbocycles. The predicted molar refractivity (Wildman–Crippen MR) is 111 cm³/mol. The van der Waals surface area contributed by atoms with E-state index in [1.165, 1.54) is 0 Å². The zero-order chi connectivity index (χ0) is 16.5. The van der Waals surface area contributed by atoms with Gasteiger partial charge in [-0.3, -0.25) is 0 Å². The van der Waals surface area contributed by atoms with Gasteiger partial charge >= 0.3 is 0 Å². The number of nitrogens with zero attached hydrogens (tertiary/aromatic N) is 1. The van der Waals surface area contributed by atoms with Gasteiger partial charge in [-0.1, -0.05) is 60.1 Å². The van der Waals surface area contributed by atoms with Crippen molar-refractivity contribution in [1.29, 1.82) is 0 Å². The molecule has 0 spiro atoms. The maximum absolute atomic E-state index is 10.3. The van der Waals surface area contributed by atoms with Crippen LogP contribution in [0.1, 0.15) is 24.2 Å². The highest BCUT2D eigenvalue weighted by atomic mass is 127. The van der Waals surface area contributed by atoms with E-state index in [9.17, 15) is 5.11 Å². The van der Waals surface area contributed by atoms with Crippen molar-refractivity contribution in [3.63, 3.8) is 0 Å². The van der Waals surface area contributed by atoms with Crippen LogP contribution in [0.15, 0.2) is 59.6 Å². The van der Waals surface area contributed by atoms with Gasteiger partial charge in [-0.25, -0.2) is 4.99 Å². The van der Waals surface area contributed by atoms with Crippen LogP contribution in [0.5, 0.6) is 0 Å². The first-order valence-electron chi connectivity index (χ1n) is 7.69. The molecule has 130 valence electrons. The number of halogens is 2. The van der Waals surface area contributed by atoms with Crippen LogP contribution in [0.2, 0.25) is 5.02 Å². The fraction of sp³-hybridized carbons (Fsp3) is 0.278. The molecule has 0 bridgehead atoms. The highest BCUT2D eigenvalue weighted by Gasteiger charge is 2.11. The van der Waals surface area contributed by atoms with Crippen LogP contribution in [0.3, 0.4) is 0 Å². The quantitative estimate of drug-likeness (QED) is 0.350. The molecule has 1 unspecified atom stereocenters. The molecule has 1 atom stereocenters. The number of aliphatic hydroxyl groups is 1. The van der Waals surface area contributed by atoms with E-state index in [1.54, 1.807) is 6.07 Å². The molecule has 2 aromatic carbocycles. The molecule has 3 N–H and O–H groups in total.